The number of halogens is 3. The van der Waals surface area contributed by atoms with E-state index in [2.05, 4.69) is 25.7 Å². The number of nitrogens with two attached hydrogens (primary N) is 1. The van der Waals surface area contributed by atoms with Gasteiger partial charge in [-0.25, -0.2) is 4.68 Å². The van der Waals surface area contributed by atoms with Gasteiger partial charge in [0.1, 0.15) is 11.9 Å². The van der Waals surface area contributed by atoms with Gasteiger partial charge in [-0.2, -0.15) is 28.2 Å². The van der Waals surface area contributed by atoms with Crippen molar-refractivity contribution in [2.45, 2.75) is 50.9 Å². The van der Waals surface area contributed by atoms with Crippen LogP contribution in [-0.4, -0.2) is 75.8 Å². The molecule has 6 rings (SSSR count). The Hall–Kier alpha value is -4.17. The van der Waals surface area contributed by atoms with Gasteiger partial charge in [0.15, 0.2) is 0 Å². The third-order valence-corrected chi connectivity index (χ3v) is 8.77. The molecular formula is C30H35F3N8O3. The third-order valence-electron chi connectivity index (χ3n) is 8.77. The van der Waals surface area contributed by atoms with Crippen molar-refractivity contribution in [1.29, 1.82) is 0 Å². The highest BCUT2D eigenvalue weighted by Gasteiger charge is 2.46. The molecule has 11 nitrogen and oxygen atoms in total. The molecule has 234 valence electrons. The summed E-state index contributed by atoms with van der Waals surface area (Å²) in [5.41, 5.74) is 8.51. The van der Waals surface area contributed by atoms with Gasteiger partial charge in [-0.15, -0.1) is 0 Å². The monoisotopic (exact) mass is 612 g/mol. The van der Waals surface area contributed by atoms with Crippen molar-refractivity contribution in [2.75, 3.05) is 43.4 Å². The number of nitrogen functional groups attached to an aromatic ring is 1. The van der Waals surface area contributed by atoms with Crippen molar-refractivity contribution in [1.82, 2.24) is 30.4 Å². The van der Waals surface area contributed by atoms with Gasteiger partial charge in [-0.3, -0.25) is 4.79 Å². The summed E-state index contributed by atoms with van der Waals surface area (Å²) in [4.78, 5) is 21.7. The standard InChI is InChI=1S/C30H35F3N8O3/c1-18-6-11-41(39-18)23-14-20(19-4-9-35-10-5-19)2-3-21(23)26(30(31,32)33)44-25-15-24(37-28(34)38-25)40-12-7-29(8-13-40)16-22(27(42)43)36-17-29/h2-4,6,11,14-15,22,26,35-36H,5,7-10,12-13,16-17H2,1H3,(H,42,43)(H2,34,37,38)/t22-,26?/m0/s1. The molecule has 44 heavy (non-hydrogen) atoms. The fourth-order valence-corrected chi connectivity index (χ4v) is 6.36. The highest BCUT2D eigenvalue weighted by molar-refractivity contribution is 5.74. The van der Waals surface area contributed by atoms with Crippen LogP contribution in [0.5, 0.6) is 5.88 Å². The number of hydrogen-bond acceptors (Lipinski definition) is 9. The number of ether oxygens (including phenoxy) is 1. The Balaban J connectivity index is 1.29. The maximum Gasteiger partial charge on any atom is 0.429 e. The van der Waals surface area contributed by atoms with E-state index >= 15 is 0 Å². The van der Waals surface area contributed by atoms with Crippen molar-refractivity contribution in [3.63, 3.8) is 0 Å². The first-order chi connectivity index (χ1) is 21.0. The van der Waals surface area contributed by atoms with Crippen LogP contribution in [0.1, 0.15) is 48.6 Å². The lowest BCUT2D eigenvalue weighted by molar-refractivity contribution is -0.198. The second-order valence-corrected chi connectivity index (χ2v) is 11.8. The molecule has 1 unspecified atom stereocenters. The second-order valence-electron chi connectivity index (χ2n) is 11.8. The molecule has 0 radical (unpaired) electrons. The van der Waals surface area contributed by atoms with Crippen LogP contribution in [0.25, 0.3) is 11.3 Å². The molecule has 5 N–H and O–H groups in total. The molecule has 0 bridgehead atoms. The Kier molecular flexibility index (Phi) is 7.97. The van der Waals surface area contributed by atoms with Gasteiger partial charge in [-0.05, 0) is 67.8 Å². The van der Waals surface area contributed by atoms with E-state index in [0.717, 1.165) is 24.1 Å². The molecule has 0 saturated carbocycles. The van der Waals surface area contributed by atoms with Gasteiger partial charge in [-0.1, -0.05) is 18.2 Å². The average Bonchev–Trinajstić information content (AvgIpc) is 3.62. The minimum Gasteiger partial charge on any atom is -0.480 e. The molecule has 0 amide bonds. The summed E-state index contributed by atoms with van der Waals surface area (Å²) < 4.78 is 51.3. The highest BCUT2D eigenvalue weighted by atomic mass is 19.4. The number of nitrogens with zero attached hydrogens (tertiary/aromatic N) is 5. The van der Waals surface area contributed by atoms with Crippen LogP contribution in [0.15, 0.2) is 42.6 Å². The molecule has 3 aliphatic rings. The molecule has 3 aromatic rings. The molecule has 0 aliphatic carbocycles. The molecular weight excluding hydrogens is 577 g/mol. The van der Waals surface area contributed by atoms with Crippen molar-refractivity contribution >= 4 is 23.3 Å². The summed E-state index contributed by atoms with van der Waals surface area (Å²) in [5, 5.41) is 20.1. The Morgan fingerprint density at radius 2 is 2.00 bits per heavy atom. The molecule has 2 saturated heterocycles. The summed E-state index contributed by atoms with van der Waals surface area (Å²) >= 11 is 0. The minimum absolute atomic E-state index is 0.112. The number of carboxylic acid groups (broad SMARTS) is 1. The fourth-order valence-electron chi connectivity index (χ4n) is 6.36. The topological polar surface area (TPSA) is 143 Å². The Morgan fingerprint density at radius 1 is 1.20 bits per heavy atom. The molecule has 3 aliphatic heterocycles. The number of hydrogen-bond donors (Lipinski definition) is 4. The number of piperidine rings is 1. The van der Waals surface area contributed by atoms with Gasteiger partial charge in [0.2, 0.25) is 17.9 Å². The summed E-state index contributed by atoms with van der Waals surface area (Å²) in [5.74, 6) is -1.00. The zero-order valence-corrected chi connectivity index (χ0v) is 24.3. The number of carbonyl (C=O) groups is 1. The first-order valence-corrected chi connectivity index (χ1v) is 14.7. The first-order valence-electron chi connectivity index (χ1n) is 14.7. The molecule has 2 fully saturated rings. The van der Waals surface area contributed by atoms with Gasteiger partial charge in [0.25, 0.3) is 0 Å². The van der Waals surface area contributed by atoms with E-state index in [1.807, 2.05) is 11.0 Å². The lowest BCUT2D eigenvalue weighted by Crippen LogP contribution is -2.41. The lowest BCUT2D eigenvalue weighted by atomic mass is 9.76. The number of aromatic nitrogens is 4. The average molecular weight is 613 g/mol. The minimum atomic E-state index is -4.79. The van der Waals surface area contributed by atoms with E-state index in [0.29, 0.717) is 57.0 Å². The molecule has 1 spiro atoms. The summed E-state index contributed by atoms with van der Waals surface area (Å²) in [7, 11) is 0. The van der Waals surface area contributed by atoms with Gasteiger partial charge in [0, 0.05) is 44.0 Å². The third kappa shape index (κ3) is 6.22. The van der Waals surface area contributed by atoms with E-state index in [1.54, 1.807) is 31.3 Å². The van der Waals surface area contributed by atoms with Crippen LogP contribution in [-0.2, 0) is 4.79 Å². The van der Waals surface area contributed by atoms with E-state index in [-0.39, 0.29) is 28.5 Å². The second kappa shape index (κ2) is 11.7. The van der Waals surface area contributed by atoms with Crippen molar-refractivity contribution < 1.29 is 27.8 Å². The van der Waals surface area contributed by atoms with Crippen molar-refractivity contribution in [2.24, 2.45) is 5.41 Å². The Morgan fingerprint density at radius 3 is 2.64 bits per heavy atom. The zero-order chi connectivity index (χ0) is 31.1. The first kappa shape index (κ1) is 29.9. The van der Waals surface area contributed by atoms with Crippen LogP contribution in [0.4, 0.5) is 24.9 Å². The number of carboxylic acids is 1. The SMILES string of the molecule is Cc1ccn(-c2cc(C3=CCNCC3)ccc2C(Oc2cc(N3CCC4(CC3)CN[C@H](C(=O)O)C4)nc(N)n2)C(F)(F)F)n1. The summed E-state index contributed by atoms with van der Waals surface area (Å²) in [6.07, 6.45) is -0.772. The fraction of sp³-hybridized carbons (Fsp3) is 0.467. The quantitative estimate of drug-likeness (QED) is 0.312. The number of aryl methyl sites for hydroxylation is 1. The molecule has 1 aromatic carbocycles. The van der Waals surface area contributed by atoms with E-state index in [9.17, 15) is 23.1 Å². The Labute approximate surface area is 252 Å². The number of anilines is 2. The predicted octanol–water partition coefficient (Wildman–Crippen LogP) is 3.65. The van der Waals surface area contributed by atoms with Gasteiger partial charge >= 0.3 is 12.1 Å². The van der Waals surface area contributed by atoms with Crippen LogP contribution < -0.4 is 26.0 Å². The van der Waals surface area contributed by atoms with Gasteiger partial charge in [0.05, 0.1) is 11.4 Å². The number of benzene rings is 1. The number of aliphatic carboxylic acids is 1. The summed E-state index contributed by atoms with van der Waals surface area (Å²) in [6.45, 7) is 4.94. The molecule has 2 aromatic heterocycles. The van der Waals surface area contributed by atoms with E-state index in [4.69, 9.17) is 10.5 Å². The van der Waals surface area contributed by atoms with Crippen LogP contribution in [0, 0.1) is 12.3 Å². The smallest absolute Gasteiger partial charge is 0.429 e. The van der Waals surface area contributed by atoms with Gasteiger partial charge < -0.3 is 31.1 Å². The number of nitrogens with one attached hydrogen (secondary N) is 2. The van der Waals surface area contributed by atoms with Crippen LogP contribution in [0.2, 0.25) is 0 Å². The number of rotatable bonds is 7. The lowest BCUT2D eigenvalue weighted by Gasteiger charge is -2.39. The maximum absolute atomic E-state index is 14.8. The van der Waals surface area contributed by atoms with E-state index < -0.39 is 24.3 Å². The Bertz CT molecular complexity index is 1570. The van der Waals surface area contributed by atoms with Crippen LogP contribution in [0.3, 0.4) is 0 Å². The van der Waals surface area contributed by atoms with Crippen molar-refractivity contribution in [3.05, 3.63) is 59.4 Å². The molecule has 2 atom stereocenters. The normalized spacial score (nSPS) is 20.9. The number of alkyl halides is 3. The molecule has 14 heteroatoms. The largest absolute Gasteiger partial charge is 0.480 e. The highest BCUT2D eigenvalue weighted by Crippen LogP contribution is 2.42. The zero-order valence-electron chi connectivity index (χ0n) is 24.3. The van der Waals surface area contributed by atoms with E-state index in [1.165, 1.54) is 16.8 Å². The predicted molar refractivity (Wildman–Crippen MR) is 158 cm³/mol. The molecule has 5 heterocycles. The maximum atomic E-state index is 14.8. The van der Waals surface area contributed by atoms with Crippen LogP contribution >= 0.6 is 0 Å². The summed E-state index contributed by atoms with van der Waals surface area (Å²) in [6, 6.07) is 7.38. The van der Waals surface area contributed by atoms with Crippen molar-refractivity contribution in [3.8, 4) is 11.6 Å².